The number of rotatable bonds is 9. The summed E-state index contributed by atoms with van der Waals surface area (Å²) in [5, 5.41) is 0. The fourth-order valence-electron chi connectivity index (χ4n) is 4.28. The number of hydrogen-bond donors (Lipinski definition) is 0. The molecule has 2 aliphatic rings. The molecule has 190 valence electrons. The third kappa shape index (κ3) is 5.53. The molecule has 0 amide bonds. The molecular formula is C28H29FO7. The van der Waals surface area contributed by atoms with Gasteiger partial charge in [0.2, 0.25) is 6.36 Å². The number of halogens is 1. The maximum absolute atomic E-state index is 15.3. The van der Waals surface area contributed by atoms with E-state index in [0.717, 1.165) is 28.2 Å². The van der Waals surface area contributed by atoms with Crippen molar-refractivity contribution in [2.24, 2.45) is 0 Å². The van der Waals surface area contributed by atoms with Gasteiger partial charge in [0, 0.05) is 5.56 Å². The number of hydrogen-bond acceptors (Lipinski definition) is 7. The Kier molecular flexibility index (Phi) is 7.79. The van der Waals surface area contributed by atoms with Gasteiger partial charge in [-0.2, -0.15) is 0 Å². The molecule has 2 heterocycles. The van der Waals surface area contributed by atoms with E-state index in [9.17, 15) is 0 Å². The lowest BCUT2D eigenvalue weighted by Crippen LogP contribution is -2.57. The molecule has 2 aliphatic heterocycles. The van der Waals surface area contributed by atoms with Gasteiger partial charge in [-0.1, -0.05) is 54.6 Å². The quantitative estimate of drug-likeness (QED) is 0.416. The van der Waals surface area contributed by atoms with Gasteiger partial charge in [0.15, 0.2) is 12.6 Å². The summed E-state index contributed by atoms with van der Waals surface area (Å²) >= 11 is 0. The van der Waals surface area contributed by atoms with Crippen LogP contribution in [0.4, 0.5) is 4.39 Å². The van der Waals surface area contributed by atoms with Gasteiger partial charge in [-0.05, 0) is 35.4 Å². The largest absolute Gasteiger partial charge is 0.497 e. The molecule has 8 heteroatoms. The summed E-state index contributed by atoms with van der Waals surface area (Å²) in [4.78, 5) is 0. The van der Waals surface area contributed by atoms with Gasteiger partial charge in [-0.3, -0.25) is 0 Å². The van der Waals surface area contributed by atoms with E-state index in [1.54, 1.807) is 14.2 Å². The minimum atomic E-state index is -1.76. The van der Waals surface area contributed by atoms with Crippen molar-refractivity contribution in [1.82, 2.24) is 0 Å². The smallest absolute Gasteiger partial charge is 0.230 e. The number of methoxy groups -OCH3 is 2. The third-order valence-electron chi connectivity index (χ3n) is 6.25. The number of fused-ring (bicyclic) bond motifs is 1. The molecule has 0 bridgehead atoms. The van der Waals surface area contributed by atoms with Gasteiger partial charge in [-0.15, -0.1) is 0 Å². The van der Waals surface area contributed by atoms with Crippen LogP contribution in [-0.4, -0.2) is 45.2 Å². The van der Waals surface area contributed by atoms with Gasteiger partial charge < -0.3 is 33.2 Å². The Morgan fingerprint density at radius 1 is 0.667 bits per heavy atom. The molecule has 0 aliphatic carbocycles. The lowest BCUT2D eigenvalue weighted by atomic mass is 10.0. The van der Waals surface area contributed by atoms with E-state index in [-0.39, 0.29) is 13.2 Å². The fraction of sp³-hybridized carbons (Fsp3) is 0.357. The first-order valence-corrected chi connectivity index (χ1v) is 11.8. The number of alkyl halides is 1. The van der Waals surface area contributed by atoms with E-state index < -0.39 is 37.2 Å². The molecule has 7 nitrogen and oxygen atoms in total. The molecule has 36 heavy (non-hydrogen) atoms. The summed E-state index contributed by atoms with van der Waals surface area (Å²) in [5.74, 6) is 1.47. The van der Waals surface area contributed by atoms with Crippen molar-refractivity contribution in [1.29, 1.82) is 0 Å². The molecule has 0 aromatic heterocycles. The van der Waals surface area contributed by atoms with Crippen LogP contribution in [0.15, 0.2) is 78.9 Å². The molecule has 2 fully saturated rings. The van der Waals surface area contributed by atoms with E-state index in [0.29, 0.717) is 0 Å². The maximum atomic E-state index is 15.3. The second kappa shape index (κ2) is 11.4. The Bertz CT molecular complexity index is 1090. The predicted octanol–water partition coefficient (Wildman–Crippen LogP) is 4.94. The van der Waals surface area contributed by atoms with Crippen molar-refractivity contribution < 1.29 is 37.5 Å². The lowest BCUT2D eigenvalue weighted by molar-refractivity contribution is -0.300. The van der Waals surface area contributed by atoms with Crippen LogP contribution in [0.1, 0.15) is 23.0 Å². The monoisotopic (exact) mass is 496 g/mol. The summed E-state index contributed by atoms with van der Waals surface area (Å²) in [6.07, 6.45) is -5.85. The van der Waals surface area contributed by atoms with Crippen LogP contribution in [0, 0.1) is 0 Å². The van der Waals surface area contributed by atoms with Crippen molar-refractivity contribution in [3.8, 4) is 11.5 Å². The Balaban J connectivity index is 1.33. The van der Waals surface area contributed by atoms with Crippen LogP contribution in [-0.2, 0) is 36.9 Å². The molecule has 0 spiro atoms. The zero-order chi connectivity index (χ0) is 24.9. The minimum Gasteiger partial charge on any atom is -0.497 e. The first-order valence-electron chi connectivity index (χ1n) is 11.8. The minimum absolute atomic E-state index is 0.168. The summed E-state index contributed by atoms with van der Waals surface area (Å²) in [6, 6.07) is 24.3. The van der Waals surface area contributed by atoms with E-state index in [4.69, 9.17) is 33.2 Å². The van der Waals surface area contributed by atoms with E-state index in [1.807, 2.05) is 78.9 Å². The van der Waals surface area contributed by atoms with Gasteiger partial charge in [0.05, 0.1) is 27.4 Å². The first kappa shape index (κ1) is 24.7. The molecule has 0 N–H and O–H groups in total. The summed E-state index contributed by atoms with van der Waals surface area (Å²) < 4.78 is 55.7. The highest BCUT2D eigenvalue weighted by molar-refractivity contribution is 5.27. The Morgan fingerprint density at radius 3 is 1.78 bits per heavy atom. The van der Waals surface area contributed by atoms with Crippen LogP contribution in [0.2, 0.25) is 0 Å². The van der Waals surface area contributed by atoms with Gasteiger partial charge in [0.1, 0.15) is 29.8 Å². The third-order valence-corrected chi connectivity index (χ3v) is 6.25. The summed E-state index contributed by atoms with van der Waals surface area (Å²) in [6.45, 7) is 0.396. The van der Waals surface area contributed by atoms with Crippen LogP contribution in [0.25, 0.3) is 0 Å². The molecular weight excluding hydrogens is 467 g/mol. The molecule has 3 aromatic carbocycles. The second-order valence-corrected chi connectivity index (χ2v) is 8.58. The molecule has 0 unspecified atom stereocenters. The van der Waals surface area contributed by atoms with Crippen LogP contribution in [0.3, 0.4) is 0 Å². The molecule has 3 aromatic rings. The SMILES string of the molecule is COc1ccc(CO[C@@H]2[C@@H](OCc3ccc(OC)cc3)[C@@H](F)O[C@@H]3O[C@@H](c4ccccc4)O[C@@H]32)cc1. The van der Waals surface area contributed by atoms with E-state index in [2.05, 4.69) is 0 Å². The van der Waals surface area contributed by atoms with Crippen molar-refractivity contribution in [2.45, 2.75) is 50.5 Å². The zero-order valence-electron chi connectivity index (χ0n) is 20.1. The Labute approximate surface area is 209 Å². The molecule has 0 radical (unpaired) electrons. The average Bonchev–Trinajstić information content (AvgIpc) is 3.35. The molecule has 5 rings (SSSR count). The van der Waals surface area contributed by atoms with Crippen LogP contribution in [0.5, 0.6) is 11.5 Å². The summed E-state index contributed by atoms with van der Waals surface area (Å²) in [7, 11) is 3.21. The zero-order valence-corrected chi connectivity index (χ0v) is 20.1. The lowest BCUT2D eigenvalue weighted by Gasteiger charge is -2.39. The highest BCUT2D eigenvalue weighted by Gasteiger charge is 2.54. The van der Waals surface area contributed by atoms with Crippen molar-refractivity contribution in [3.05, 3.63) is 95.6 Å². The predicted molar refractivity (Wildman–Crippen MR) is 128 cm³/mol. The Morgan fingerprint density at radius 2 is 1.22 bits per heavy atom. The van der Waals surface area contributed by atoms with E-state index in [1.165, 1.54) is 0 Å². The maximum Gasteiger partial charge on any atom is 0.230 e. The topological polar surface area (TPSA) is 64.6 Å². The number of ether oxygens (including phenoxy) is 7. The standard InChI is InChI=1S/C28H29FO7/c1-30-21-12-8-18(9-13-21)16-32-23-24(33-17-19-10-14-22(31-2)15-11-19)26(29)35-28-25(23)34-27(36-28)20-6-4-3-5-7-20/h3-15,23-28H,16-17H2,1-2H3/t23-,24-,25-,26+,27+,28-/m1/s1. The fourth-order valence-corrected chi connectivity index (χ4v) is 4.28. The van der Waals surface area contributed by atoms with Crippen molar-refractivity contribution in [2.75, 3.05) is 14.2 Å². The average molecular weight is 497 g/mol. The van der Waals surface area contributed by atoms with E-state index >= 15 is 4.39 Å². The second-order valence-electron chi connectivity index (χ2n) is 8.58. The van der Waals surface area contributed by atoms with Gasteiger partial charge >= 0.3 is 0 Å². The van der Waals surface area contributed by atoms with Crippen molar-refractivity contribution in [3.63, 3.8) is 0 Å². The van der Waals surface area contributed by atoms with Crippen LogP contribution < -0.4 is 9.47 Å². The molecule has 0 saturated carbocycles. The van der Waals surface area contributed by atoms with Crippen LogP contribution >= 0.6 is 0 Å². The number of benzene rings is 3. The molecule has 2 saturated heterocycles. The first-order chi connectivity index (χ1) is 17.6. The van der Waals surface area contributed by atoms with Gasteiger partial charge in [0.25, 0.3) is 0 Å². The molecule has 6 atom stereocenters. The highest BCUT2D eigenvalue weighted by Crippen LogP contribution is 2.40. The normalized spacial score (nSPS) is 27.4. The highest BCUT2D eigenvalue weighted by atomic mass is 19.1. The Hall–Kier alpha value is -3.01. The van der Waals surface area contributed by atoms with Gasteiger partial charge in [-0.25, -0.2) is 4.39 Å². The van der Waals surface area contributed by atoms with Crippen molar-refractivity contribution >= 4 is 0 Å². The summed E-state index contributed by atoms with van der Waals surface area (Å²) in [5.41, 5.74) is 2.59.